The Kier molecular flexibility index (Phi) is 5.73. The van der Waals surface area contributed by atoms with Crippen molar-refractivity contribution in [3.63, 3.8) is 0 Å². The number of hydrogen-bond donors (Lipinski definition) is 2. The lowest BCUT2D eigenvalue weighted by Gasteiger charge is -2.29. The summed E-state index contributed by atoms with van der Waals surface area (Å²) < 4.78 is 5.46. The van der Waals surface area contributed by atoms with Crippen molar-refractivity contribution >= 4 is 0 Å². The lowest BCUT2D eigenvalue weighted by molar-refractivity contribution is 0.0285. The molecule has 1 saturated carbocycles. The highest BCUT2D eigenvalue weighted by Crippen LogP contribution is 2.28. The van der Waals surface area contributed by atoms with Crippen molar-refractivity contribution in [2.45, 2.75) is 58.1 Å². The summed E-state index contributed by atoms with van der Waals surface area (Å²) in [5.41, 5.74) is 0.150. The minimum Gasteiger partial charge on any atom is -0.389 e. The second kappa shape index (κ2) is 6.58. The number of hydrogen-bond acceptors (Lipinski definition) is 3. The van der Waals surface area contributed by atoms with Gasteiger partial charge in [-0.25, -0.2) is 0 Å². The summed E-state index contributed by atoms with van der Waals surface area (Å²) in [5.74, 6) is 0.775. The molecular weight excluding hydrogens is 202 g/mol. The first-order valence-electron chi connectivity index (χ1n) is 6.60. The summed E-state index contributed by atoms with van der Waals surface area (Å²) in [6.07, 6.45) is 4.39. The highest BCUT2D eigenvalue weighted by Gasteiger charge is 2.22. The highest BCUT2D eigenvalue weighted by atomic mass is 16.5. The van der Waals surface area contributed by atoms with Gasteiger partial charge in [-0.2, -0.15) is 0 Å². The second-order valence-electron chi connectivity index (χ2n) is 5.28. The van der Waals surface area contributed by atoms with Gasteiger partial charge in [-0.05, 0) is 38.5 Å². The Morgan fingerprint density at radius 2 is 2.00 bits per heavy atom. The predicted molar refractivity (Wildman–Crippen MR) is 66.5 cm³/mol. The number of ether oxygens (including phenoxy) is 1. The van der Waals surface area contributed by atoms with Crippen LogP contribution in [0.1, 0.15) is 46.5 Å². The Morgan fingerprint density at radius 1 is 1.38 bits per heavy atom. The van der Waals surface area contributed by atoms with Gasteiger partial charge in [-0.3, -0.25) is 0 Å². The van der Waals surface area contributed by atoms with Gasteiger partial charge < -0.3 is 15.2 Å². The van der Waals surface area contributed by atoms with Crippen molar-refractivity contribution in [2.24, 2.45) is 5.92 Å². The van der Waals surface area contributed by atoms with Gasteiger partial charge in [0.2, 0.25) is 0 Å². The SMILES string of the molecule is CCC(C)(CC)NCC(O)COCC1CC1. The molecule has 3 heteroatoms. The number of rotatable bonds is 9. The number of β-amino-alcohol motifs (C(OH)–C–C–N with tert-alkyl or cyclic N) is 1. The van der Waals surface area contributed by atoms with Crippen LogP contribution in [0.5, 0.6) is 0 Å². The van der Waals surface area contributed by atoms with Crippen LogP contribution in [0.15, 0.2) is 0 Å². The van der Waals surface area contributed by atoms with E-state index in [1.54, 1.807) is 0 Å². The molecule has 1 unspecified atom stereocenters. The third-order valence-electron chi connectivity index (χ3n) is 3.69. The van der Waals surface area contributed by atoms with Crippen molar-refractivity contribution in [2.75, 3.05) is 19.8 Å². The molecule has 0 saturated heterocycles. The fraction of sp³-hybridized carbons (Fsp3) is 1.00. The van der Waals surface area contributed by atoms with Crippen LogP contribution < -0.4 is 5.32 Å². The van der Waals surface area contributed by atoms with E-state index in [9.17, 15) is 5.11 Å². The van der Waals surface area contributed by atoms with E-state index in [0.717, 1.165) is 25.4 Å². The summed E-state index contributed by atoms with van der Waals surface area (Å²) in [6.45, 7) is 8.47. The summed E-state index contributed by atoms with van der Waals surface area (Å²) in [6, 6.07) is 0. The molecule has 96 valence electrons. The minimum absolute atomic E-state index is 0.150. The van der Waals surface area contributed by atoms with Crippen molar-refractivity contribution in [1.29, 1.82) is 0 Å². The third kappa shape index (κ3) is 5.28. The van der Waals surface area contributed by atoms with Crippen LogP contribution in [0.3, 0.4) is 0 Å². The first kappa shape index (κ1) is 13.9. The van der Waals surface area contributed by atoms with E-state index in [1.807, 2.05) is 0 Å². The van der Waals surface area contributed by atoms with Crippen molar-refractivity contribution in [3.05, 3.63) is 0 Å². The zero-order chi connectivity index (χ0) is 12.0. The maximum absolute atomic E-state index is 9.75. The first-order valence-corrected chi connectivity index (χ1v) is 6.60. The normalized spacial score (nSPS) is 18.8. The van der Waals surface area contributed by atoms with Gasteiger partial charge in [-0.1, -0.05) is 13.8 Å². The topological polar surface area (TPSA) is 41.5 Å². The van der Waals surface area contributed by atoms with Gasteiger partial charge in [0.15, 0.2) is 0 Å². The smallest absolute Gasteiger partial charge is 0.0897 e. The van der Waals surface area contributed by atoms with E-state index >= 15 is 0 Å². The Hall–Kier alpha value is -0.120. The fourth-order valence-corrected chi connectivity index (χ4v) is 1.58. The molecule has 0 radical (unpaired) electrons. The van der Waals surface area contributed by atoms with Crippen LogP contribution in [0.25, 0.3) is 0 Å². The Labute approximate surface area is 99.6 Å². The molecule has 0 heterocycles. The van der Waals surface area contributed by atoms with Gasteiger partial charge in [0, 0.05) is 18.7 Å². The molecule has 0 aliphatic heterocycles. The number of aliphatic hydroxyl groups excluding tert-OH is 1. The van der Waals surface area contributed by atoms with Gasteiger partial charge >= 0.3 is 0 Å². The van der Waals surface area contributed by atoms with E-state index < -0.39 is 0 Å². The van der Waals surface area contributed by atoms with Gasteiger partial charge in [-0.15, -0.1) is 0 Å². The fourth-order valence-electron chi connectivity index (χ4n) is 1.58. The molecule has 1 fully saturated rings. The maximum Gasteiger partial charge on any atom is 0.0897 e. The second-order valence-corrected chi connectivity index (χ2v) is 5.28. The number of aliphatic hydroxyl groups is 1. The van der Waals surface area contributed by atoms with E-state index in [4.69, 9.17) is 4.74 Å². The van der Waals surface area contributed by atoms with Crippen molar-refractivity contribution < 1.29 is 9.84 Å². The van der Waals surface area contributed by atoms with E-state index in [2.05, 4.69) is 26.1 Å². The molecule has 1 aliphatic rings. The van der Waals surface area contributed by atoms with Crippen molar-refractivity contribution in [3.8, 4) is 0 Å². The first-order chi connectivity index (χ1) is 7.59. The van der Waals surface area contributed by atoms with Crippen LogP contribution in [-0.4, -0.2) is 36.5 Å². The van der Waals surface area contributed by atoms with Crippen LogP contribution in [0.2, 0.25) is 0 Å². The molecule has 3 nitrogen and oxygen atoms in total. The average molecular weight is 229 g/mol. The summed E-state index contributed by atoms with van der Waals surface area (Å²) >= 11 is 0. The van der Waals surface area contributed by atoms with Gasteiger partial charge in [0.25, 0.3) is 0 Å². The van der Waals surface area contributed by atoms with E-state index in [0.29, 0.717) is 13.2 Å². The molecule has 16 heavy (non-hydrogen) atoms. The van der Waals surface area contributed by atoms with Crippen LogP contribution in [0, 0.1) is 5.92 Å². The lowest BCUT2D eigenvalue weighted by Crippen LogP contribution is -2.45. The standard InChI is InChI=1S/C13H27NO2/c1-4-13(3,5-2)14-8-12(15)10-16-9-11-6-7-11/h11-12,14-15H,4-10H2,1-3H3. The molecule has 0 bridgehead atoms. The number of nitrogens with one attached hydrogen (secondary N) is 1. The zero-order valence-corrected chi connectivity index (χ0v) is 11.0. The van der Waals surface area contributed by atoms with Gasteiger partial charge in [0.1, 0.15) is 0 Å². The molecule has 1 atom stereocenters. The van der Waals surface area contributed by atoms with E-state index in [1.165, 1.54) is 12.8 Å². The third-order valence-corrected chi connectivity index (χ3v) is 3.69. The molecule has 0 aromatic rings. The minimum atomic E-state index is -0.379. The van der Waals surface area contributed by atoms with Crippen LogP contribution >= 0.6 is 0 Å². The molecule has 0 spiro atoms. The molecule has 0 aromatic carbocycles. The Bertz CT molecular complexity index is 188. The van der Waals surface area contributed by atoms with Crippen LogP contribution in [0.4, 0.5) is 0 Å². The molecule has 0 aromatic heterocycles. The Morgan fingerprint density at radius 3 is 2.50 bits per heavy atom. The quantitative estimate of drug-likeness (QED) is 0.635. The summed E-state index contributed by atoms with van der Waals surface area (Å²) in [7, 11) is 0. The monoisotopic (exact) mass is 229 g/mol. The van der Waals surface area contributed by atoms with E-state index in [-0.39, 0.29) is 11.6 Å². The maximum atomic E-state index is 9.75. The molecule has 2 N–H and O–H groups in total. The lowest BCUT2D eigenvalue weighted by atomic mass is 9.95. The van der Waals surface area contributed by atoms with Gasteiger partial charge in [0.05, 0.1) is 12.7 Å². The summed E-state index contributed by atoms with van der Waals surface area (Å²) in [4.78, 5) is 0. The molecule has 1 rings (SSSR count). The zero-order valence-electron chi connectivity index (χ0n) is 11.0. The molecular formula is C13H27NO2. The van der Waals surface area contributed by atoms with Crippen LogP contribution in [-0.2, 0) is 4.74 Å². The largest absolute Gasteiger partial charge is 0.389 e. The predicted octanol–water partition coefficient (Wildman–Crippen LogP) is 1.94. The van der Waals surface area contributed by atoms with Crippen molar-refractivity contribution in [1.82, 2.24) is 5.32 Å². The Balaban J connectivity index is 2.05. The summed E-state index contributed by atoms with van der Waals surface area (Å²) in [5, 5.41) is 13.2. The molecule has 1 aliphatic carbocycles. The molecule has 0 amide bonds. The average Bonchev–Trinajstić information content (AvgIpc) is 3.10. The highest BCUT2D eigenvalue weighted by molar-refractivity contribution is 4.81.